The molecule has 0 spiro atoms. The smallest absolute Gasteiger partial charge is 0.336 e. The monoisotopic (exact) mass is 348 g/mol. The van der Waals surface area contributed by atoms with Gasteiger partial charge in [-0.3, -0.25) is 9.78 Å². The van der Waals surface area contributed by atoms with Crippen molar-refractivity contribution in [2.45, 2.75) is 19.8 Å². The quantitative estimate of drug-likeness (QED) is 0.779. The Morgan fingerprint density at radius 1 is 1.12 bits per heavy atom. The third-order valence-electron chi connectivity index (χ3n) is 4.25. The summed E-state index contributed by atoms with van der Waals surface area (Å²) in [6.07, 6.45) is 3.24. The van der Waals surface area contributed by atoms with E-state index in [1.165, 1.54) is 5.56 Å². The van der Waals surface area contributed by atoms with Crippen molar-refractivity contribution < 1.29 is 14.7 Å². The van der Waals surface area contributed by atoms with Crippen molar-refractivity contribution in [3.63, 3.8) is 0 Å². The number of nitrogens with zero attached hydrogens (tertiary/aromatic N) is 2. The van der Waals surface area contributed by atoms with Gasteiger partial charge in [-0.1, -0.05) is 37.3 Å². The molecule has 0 aliphatic carbocycles. The van der Waals surface area contributed by atoms with Gasteiger partial charge >= 0.3 is 5.97 Å². The van der Waals surface area contributed by atoms with Crippen molar-refractivity contribution >= 4 is 28.5 Å². The van der Waals surface area contributed by atoms with Gasteiger partial charge in [-0.15, -0.1) is 0 Å². The molecule has 4 rings (SSSR count). The number of benzene rings is 2. The van der Waals surface area contributed by atoms with E-state index >= 15 is 0 Å². The summed E-state index contributed by atoms with van der Waals surface area (Å²) in [5, 5.41) is 9.53. The number of carbonyl (C=O) groups is 2. The Morgan fingerprint density at radius 3 is 2.69 bits per heavy atom. The van der Waals surface area contributed by atoms with E-state index in [1.807, 2.05) is 29.2 Å². The number of carbonyl (C=O) groups excluding carboxylic acids is 1. The molecule has 0 unspecified atom stereocenters. The minimum Gasteiger partial charge on any atom is -0.478 e. The van der Waals surface area contributed by atoms with E-state index in [0.29, 0.717) is 22.9 Å². The highest BCUT2D eigenvalue weighted by Crippen LogP contribution is 2.28. The summed E-state index contributed by atoms with van der Waals surface area (Å²) in [7, 11) is 0. The number of aromatic carboxylic acids is 1. The third-order valence-corrected chi connectivity index (χ3v) is 4.25. The second-order valence-electron chi connectivity index (χ2n) is 6.03. The standard InChI is InChI=1S/C11H13NO.C10H7NO2/c1-2-7-12-10-6-4-3-5-9(10)8-11(12)13;12-10(13)8-3-1-5-9-7(8)4-2-6-11-9/h3-6H,2,7-8H2,1H3;1-6H,(H,12,13). The number of pyridine rings is 1. The van der Waals surface area contributed by atoms with Crippen molar-refractivity contribution in [2.75, 3.05) is 11.4 Å². The zero-order valence-corrected chi connectivity index (χ0v) is 14.6. The van der Waals surface area contributed by atoms with Crippen molar-refractivity contribution in [3.05, 3.63) is 71.9 Å². The SMILES string of the molecule is CCCN1C(=O)Cc2ccccc21.O=C(O)c1cccc2ncccc12. The molecule has 0 saturated heterocycles. The van der Waals surface area contributed by atoms with Gasteiger partial charge < -0.3 is 10.0 Å². The lowest BCUT2D eigenvalue weighted by Gasteiger charge is -2.15. The molecule has 3 aromatic rings. The molecule has 5 nitrogen and oxygen atoms in total. The number of carboxylic acid groups (broad SMARTS) is 1. The highest BCUT2D eigenvalue weighted by Gasteiger charge is 2.25. The number of rotatable bonds is 3. The Hall–Kier alpha value is -3.21. The van der Waals surface area contributed by atoms with Gasteiger partial charge in [-0.2, -0.15) is 0 Å². The lowest BCUT2D eigenvalue weighted by Crippen LogP contribution is -2.27. The summed E-state index contributed by atoms with van der Waals surface area (Å²) in [5.74, 6) is -0.679. The number of aromatic nitrogens is 1. The van der Waals surface area contributed by atoms with Crippen molar-refractivity contribution in [3.8, 4) is 0 Å². The van der Waals surface area contributed by atoms with Gasteiger partial charge in [0.2, 0.25) is 5.91 Å². The molecule has 0 radical (unpaired) electrons. The maximum Gasteiger partial charge on any atom is 0.336 e. The first-order valence-corrected chi connectivity index (χ1v) is 8.57. The zero-order valence-electron chi connectivity index (χ0n) is 14.6. The molecular formula is C21H20N2O3. The predicted octanol–water partition coefficient (Wildman–Crippen LogP) is 3.92. The van der Waals surface area contributed by atoms with E-state index in [2.05, 4.69) is 11.9 Å². The molecule has 1 aliphatic heterocycles. The van der Waals surface area contributed by atoms with Crippen molar-refractivity contribution in [1.82, 2.24) is 4.98 Å². The molecule has 2 heterocycles. The fourth-order valence-electron chi connectivity index (χ4n) is 3.07. The lowest BCUT2D eigenvalue weighted by atomic mass is 10.1. The molecule has 5 heteroatoms. The predicted molar refractivity (Wildman–Crippen MR) is 101 cm³/mol. The van der Waals surface area contributed by atoms with Crippen LogP contribution in [0.3, 0.4) is 0 Å². The van der Waals surface area contributed by atoms with Crippen LogP contribution in [0.2, 0.25) is 0 Å². The van der Waals surface area contributed by atoms with E-state index in [0.717, 1.165) is 18.7 Å². The van der Waals surface area contributed by atoms with E-state index < -0.39 is 5.97 Å². The second-order valence-corrected chi connectivity index (χ2v) is 6.03. The molecule has 1 amide bonds. The van der Waals surface area contributed by atoms with Crippen LogP contribution in [0.5, 0.6) is 0 Å². The Balaban J connectivity index is 0.000000151. The Kier molecular flexibility index (Phi) is 5.27. The summed E-state index contributed by atoms with van der Waals surface area (Å²) in [4.78, 5) is 28.3. The number of amides is 1. The normalized spacial score (nSPS) is 12.5. The van der Waals surface area contributed by atoms with Gasteiger partial charge in [-0.05, 0) is 36.2 Å². The average Bonchev–Trinajstić information content (AvgIpc) is 2.97. The Morgan fingerprint density at radius 2 is 1.92 bits per heavy atom. The third kappa shape index (κ3) is 3.57. The van der Waals surface area contributed by atoms with E-state index in [1.54, 1.807) is 36.5 Å². The molecule has 26 heavy (non-hydrogen) atoms. The summed E-state index contributed by atoms with van der Waals surface area (Å²) in [6, 6.07) is 16.6. The second kappa shape index (κ2) is 7.78. The molecule has 1 aliphatic rings. The summed E-state index contributed by atoms with van der Waals surface area (Å²) < 4.78 is 0. The van der Waals surface area contributed by atoms with E-state index in [-0.39, 0.29) is 5.91 Å². The van der Waals surface area contributed by atoms with Crippen LogP contribution in [-0.4, -0.2) is 28.5 Å². The topological polar surface area (TPSA) is 70.5 Å². The first-order valence-electron chi connectivity index (χ1n) is 8.57. The van der Waals surface area contributed by atoms with Gasteiger partial charge in [0, 0.05) is 23.8 Å². The molecule has 0 atom stereocenters. The Bertz CT molecular complexity index is 947. The highest BCUT2D eigenvalue weighted by molar-refractivity contribution is 6.02. The van der Waals surface area contributed by atoms with Crippen LogP contribution in [0.1, 0.15) is 29.3 Å². The van der Waals surface area contributed by atoms with Crippen molar-refractivity contribution in [2.24, 2.45) is 0 Å². The number of hydrogen-bond donors (Lipinski definition) is 1. The zero-order chi connectivity index (χ0) is 18.5. The van der Waals surface area contributed by atoms with Crippen LogP contribution in [0, 0.1) is 0 Å². The highest BCUT2D eigenvalue weighted by atomic mass is 16.4. The van der Waals surface area contributed by atoms with Crippen LogP contribution >= 0.6 is 0 Å². The summed E-state index contributed by atoms with van der Waals surface area (Å²) >= 11 is 0. The lowest BCUT2D eigenvalue weighted by molar-refractivity contribution is -0.117. The fraction of sp³-hybridized carbons (Fsp3) is 0.190. The Labute approximate surface area is 151 Å². The van der Waals surface area contributed by atoms with E-state index in [9.17, 15) is 9.59 Å². The van der Waals surface area contributed by atoms with Gasteiger partial charge in [0.05, 0.1) is 17.5 Å². The van der Waals surface area contributed by atoms with Crippen LogP contribution in [0.25, 0.3) is 10.9 Å². The maximum atomic E-state index is 11.5. The van der Waals surface area contributed by atoms with Gasteiger partial charge in [0.15, 0.2) is 0 Å². The number of anilines is 1. The maximum absolute atomic E-state index is 11.5. The largest absolute Gasteiger partial charge is 0.478 e. The van der Waals surface area contributed by atoms with Gasteiger partial charge in [0.25, 0.3) is 0 Å². The number of carboxylic acids is 1. The van der Waals surface area contributed by atoms with Gasteiger partial charge in [-0.25, -0.2) is 4.79 Å². The number of para-hydroxylation sites is 1. The van der Waals surface area contributed by atoms with E-state index in [4.69, 9.17) is 5.11 Å². The first-order chi connectivity index (χ1) is 12.6. The minimum atomic E-state index is -0.918. The molecule has 0 fully saturated rings. The molecule has 1 aromatic heterocycles. The number of fused-ring (bicyclic) bond motifs is 2. The van der Waals surface area contributed by atoms with Gasteiger partial charge in [0.1, 0.15) is 0 Å². The van der Waals surface area contributed by atoms with Crippen LogP contribution < -0.4 is 4.90 Å². The summed E-state index contributed by atoms with van der Waals surface area (Å²) in [6.45, 7) is 2.93. The molecule has 0 bridgehead atoms. The van der Waals surface area contributed by atoms with Crippen LogP contribution in [0.15, 0.2) is 60.8 Å². The average molecular weight is 348 g/mol. The molecule has 2 aromatic carbocycles. The number of hydrogen-bond acceptors (Lipinski definition) is 3. The fourth-order valence-corrected chi connectivity index (χ4v) is 3.07. The first kappa shape index (κ1) is 17.6. The molecular weight excluding hydrogens is 328 g/mol. The summed E-state index contributed by atoms with van der Waals surface area (Å²) in [5.41, 5.74) is 3.28. The molecule has 132 valence electrons. The van der Waals surface area contributed by atoms with Crippen LogP contribution in [-0.2, 0) is 11.2 Å². The minimum absolute atomic E-state index is 0.239. The van der Waals surface area contributed by atoms with Crippen LogP contribution in [0.4, 0.5) is 5.69 Å². The molecule has 0 saturated carbocycles. The van der Waals surface area contributed by atoms with Crippen molar-refractivity contribution in [1.29, 1.82) is 0 Å². The molecule has 1 N–H and O–H groups in total.